The van der Waals surface area contributed by atoms with E-state index in [0.717, 1.165) is 0 Å². The van der Waals surface area contributed by atoms with Gasteiger partial charge in [-0.3, -0.25) is 0 Å². The van der Waals surface area contributed by atoms with Crippen molar-refractivity contribution < 1.29 is 13.2 Å². The van der Waals surface area contributed by atoms with Crippen molar-refractivity contribution in [3.05, 3.63) is 11.6 Å². The number of halogens is 3. The van der Waals surface area contributed by atoms with Gasteiger partial charge < -0.3 is 0 Å². The van der Waals surface area contributed by atoms with Crippen LogP contribution in [0.1, 0.15) is 13.8 Å². The minimum Gasteiger partial charge on any atom is -0.193 e. The first-order valence-electron chi connectivity index (χ1n) is 3.06. The molecule has 0 aromatic heterocycles. The summed E-state index contributed by atoms with van der Waals surface area (Å²) in [6.07, 6.45) is -3.82. The quantitative estimate of drug-likeness (QED) is 0.545. The Balaban J connectivity index is 4.67. The maximum Gasteiger partial charge on any atom is 0.413 e. The Morgan fingerprint density at radius 2 is 1.91 bits per heavy atom. The molecule has 0 aliphatic rings. The molecular formula is C7H8F3N. The van der Waals surface area contributed by atoms with Crippen LogP contribution in [-0.2, 0) is 0 Å². The van der Waals surface area contributed by atoms with Crippen molar-refractivity contribution in [1.82, 2.24) is 0 Å². The molecule has 4 heteroatoms. The van der Waals surface area contributed by atoms with Crippen LogP contribution in [-0.4, -0.2) is 6.18 Å². The highest BCUT2D eigenvalue weighted by Gasteiger charge is 2.35. The molecule has 62 valence electrons. The predicted octanol–water partition coefficient (Wildman–Crippen LogP) is 2.65. The van der Waals surface area contributed by atoms with Gasteiger partial charge in [-0.05, 0) is 5.92 Å². The van der Waals surface area contributed by atoms with Gasteiger partial charge in [0.05, 0.1) is 6.07 Å². The van der Waals surface area contributed by atoms with E-state index in [1.165, 1.54) is 19.9 Å². The van der Waals surface area contributed by atoms with Crippen LogP contribution in [0.3, 0.4) is 0 Å². The number of alkyl halides is 3. The van der Waals surface area contributed by atoms with E-state index in [1.54, 1.807) is 0 Å². The second kappa shape index (κ2) is 3.42. The van der Waals surface area contributed by atoms with Crippen LogP contribution in [0.2, 0.25) is 0 Å². The van der Waals surface area contributed by atoms with Gasteiger partial charge in [-0.1, -0.05) is 13.8 Å². The highest BCUT2D eigenvalue weighted by Crippen LogP contribution is 2.30. The zero-order valence-electron chi connectivity index (χ0n) is 6.24. The van der Waals surface area contributed by atoms with Crippen LogP contribution >= 0.6 is 0 Å². The Labute approximate surface area is 63.1 Å². The van der Waals surface area contributed by atoms with Crippen LogP contribution in [0.25, 0.3) is 0 Å². The Hall–Kier alpha value is -0.980. The molecule has 0 spiro atoms. The molecule has 0 unspecified atom stereocenters. The average molecular weight is 163 g/mol. The zero-order chi connectivity index (χ0) is 9.07. The normalized spacial score (nSPS) is 13.4. The Morgan fingerprint density at radius 3 is 2.00 bits per heavy atom. The molecule has 11 heavy (non-hydrogen) atoms. The Morgan fingerprint density at radius 1 is 1.45 bits per heavy atom. The van der Waals surface area contributed by atoms with Gasteiger partial charge >= 0.3 is 6.18 Å². The van der Waals surface area contributed by atoms with Gasteiger partial charge in [-0.15, -0.1) is 0 Å². The Bertz CT molecular complexity index is 195. The highest BCUT2D eigenvalue weighted by atomic mass is 19.4. The SMILES string of the molecule is CC(C)C(=CC#N)C(F)(F)F. The second-order valence-electron chi connectivity index (χ2n) is 2.38. The van der Waals surface area contributed by atoms with Crippen LogP contribution in [0, 0.1) is 17.2 Å². The van der Waals surface area contributed by atoms with Crippen LogP contribution in [0.15, 0.2) is 11.6 Å². The van der Waals surface area contributed by atoms with Crippen molar-refractivity contribution >= 4 is 0 Å². The van der Waals surface area contributed by atoms with Crippen molar-refractivity contribution in [1.29, 1.82) is 5.26 Å². The first kappa shape index (κ1) is 10.0. The topological polar surface area (TPSA) is 23.8 Å². The maximum atomic E-state index is 11.9. The van der Waals surface area contributed by atoms with Crippen LogP contribution in [0.4, 0.5) is 13.2 Å². The van der Waals surface area contributed by atoms with Gasteiger partial charge in [0.25, 0.3) is 0 Å². The third kappa shape index (κ3) is 3.08. The molecule has 0 aliphatic heterocycles. The first-order valence-corrected chi connectivity index (χ1v) is 3.06. The molecule has 1 nitrogen and oxygen atoms in total. The number of hydrogen-bond donors (Lipinski definition) is 0. The number of nitrogens with zero attached hydrogens (tertiary/aromatic N) is 1. The van der Waals surface area contributed by atoms with Crippen molar-refractivity contribution in [2.24, 2.45) is 5.92 Å². The van der Waals surface area contributed by atoms with Gasteiger partial charge in [-0.2, -0.15) is 18.4 Å². The lowest BCUT2D eigenvalue weighted by molar-refractivity contribution is -0.0975. The fraction of sp³-hybridized carbons (Fsp3) is 0.571. The molecule has 0 heterocycles. The lowest BCUT2D eigenvalue weighted by atomic mass is 10.0. The number of nitriles is 1. The summed E-state index contributed by atoms with van der Waals surface area (Å²) in [6, 6.07) is 1.37. The molecule has 0 bridgehead atoms. The number of hydrogen-bond acceptors (Lipinski definition) is 1. The minimum absolute atomic E-state index is 0.546. The molecule has 0 aliphatic carbocycles. The van der Waals surface area contributed by atoms with E-state index in [2.05, 4.69) is 0 Å². The number of rotatable bonds is 1. The second-order valence-corrected chi connectivity index (χ2v) is 2.38. The molecule has 0 amide bonds. The molecule has 0 fully saturated rings. The molecule has 0 N–H and O–H groups in total. The summed E-state index contributed by atoms with van der Waals surface area (Å²) in [6.45, 7) is 2.80. The Kier molecular flexibility index (Phi) is 3.12. The van der Waals surface area contributed by atoms with Gasteiger partial charge in [0.2, 0.25) is 0 Å². The summed E-state index contributed by atoms with van der Waals surface area (Å²) in [5.74, 6) is -0.658. The van der Waals surface area contributed by atoms with E-state index in [-0.39, 0.29) is 0 Å². The van der Waals surface area contributed by atoms with E-state index in [1.807, 2.05) is 0 Å². The summed E-state index contributed by atoms with van der Waals surface area (Å²) in [5, 5.41) is 8.02. The monoisotopic (exact) mass is 163 g/mol. The molecule has 0 rings (SSSR count). The molecule has 0 aromatic carbocycles. The molecule has 0 saturated heterocycles. The standard InChI is InChI=1S/C7H8F3N/c1-5(2)6(3-4-11)7(8,9)10/h3,5H,1-2H3. The van der Waals surface area contributed by atoms with Crippen LogP contribution in [0.5, 0.6) is 0 Å². The zero-order valence-corrected chi connectivity index (χ0v) is 6.24. The first-order chi connectivity index (χ1) is 4.89. The summed E-state index contributed by atoms with van der Waals surface area (Å²) in [7, 11) is 0. The van der Waals surface area contributed by atoms with Crippen molar-refractivity contribution in [2.45, 2.75) is 20.0 Å². The molecule has 0 radical (unpaired) electrons. The number of allylic oxidation sites excluding steroid dienone is 2. The van der Waals surface area contributed by atoms with E-state index in [9.17, 15) is 13.2 Å². The van der Waals surface area contributed by atoms with E-state index < -0.39 is 17.7 Å². The molecular weight excluding hydrogens is 155 g/mol. The largest absolute Gasteiger partial charge is 0.413 e. The average Bonchev–Trinajstić information content (AvgIpc) is 1.79. The maximum absolute atomic E-state index is 11.9. The smallest absolute Gasteiger partial charge is 0.193 e. The van der Waals surface area contributed by atoms with Crippen molar-refractivity contribution in [3.63, 3.8) is 0 Å². The van der Waals surface area contributed by atoms with E-state index in [0.29, 0.717) is 6.08 Å². The molecule has 0 aromatic rings. The van der Waals surface area contributed by atoms with Gasteiger partial charge in [-0.25, -0.2) is 0 Å². The molecule has 0 atom stereocenters. The van der Waals surface area contributed by atoms with Crippen LogP contribution < -0.4 is 0 Å². The lowest BCUT2D eigenvalue weighted by Gasteiger charge is -2.12. The predicted molar refractivity (Wildman–Crippen MR) is 34.6 cm³/mol. The minimum atomic E-state index is -4.37. The van der Waals surface area contributed by atoms with Gasteiger partial charge in [0.1, 0.15) is 0 Å². The fourth-order valence-electron chi connectivity index (χ4n) is 0.645. The summed E-state index contributed by atoms with van der Waals surface area (Å²) in [4.78, 5) is 0. The summed E-state index contributed by atoms with van der Waals surface area (Å²) < 4.78 is 35.8. The third-order valence-electron chi connectivity index (χ3n) is 1.17. The molecule has 0 saturated carbocycles. The lowest BCUT2D eigenvalue weighted by Crippen LogP contribution is -2.16. The van der Waals surface area contributed by atoms with E-state index >= 15 is 0 Å². The summed E-state index contributed by atoms with van der Waals surface area (Å²) >= 11 is 0. The summed E-state index contributed by atoms with van der Waals surface area (Å²) in [5.41, 5.74) is -0.778. The third-order valence-corrected chi connectivity index (χ3v) is 1.17. The van der Waals surface area contributed by atoms with E-state index in [4.69, 9.17) is 5.26 Å². The van der Waals surface area contributed by atoms with Gasteiger partial charge in [0.15, 0.2) is 0 Å². The van der Waals surface area contributed by atoms with Crippen molar-refractivity contribution in [2.75, 3.05) is 0 Å². The highest BCUT2D eigenvalue weighted by molar-refractivity contribution is 5.19. The fourth-order valence-corrected chi connectivity index (χ4v) is 0.645. The van der Waals surface area contributed by atoms with Crippen molar-refractivity contribution in [3.8, 4) is 6.07 Å². The van der Waals surface area contributed by atoms with Gasteiger partial charge in [0, 0.05) is 11.6 Å².